The van der Waals surface area contributed by atoms with Crippen LogP contribution in [0.4, 0.5) is 5.95 Å². The number of rotatable bonds is 3. The Balaban J connectivity index is 2.14. The molecule has 1 atom stereocenters. The molecule has 0 aliphatic carbocycles. The van der Waals surface area contributed by atoms with Crippen LogP contribution < -0.4 is 4.90 Å². The van der Waals surface area contributed by atoms with Crippen molar-refractivity contribution < 1.29 is 18.8 Å². The van der Waals surface area contributed by atoms with Crippen LogP contribution in [-0.4, -0.2) is 35.7 Å². The molecule has 1 aliphatic rings. The van der Waals surface area contributed by atoms with Crippen molar-refractivity contribution in [1.29, 1.82) is 0 Å². The SMILES string of the molecule is COC(=O)C1CC(=O)N(c2noc(C(C)C)n2)C1. The van der Waals surface area contributed by atoms with E-state index < -0.39 is 11.9 Å². The van der Waals surface area contributed by atoms with Crippen molar-refractivity contribution in [3.05, 3.63) is 5.89 Å². The Labute approximate surface area is 104 Å². The van der Waals surface area contributed by atoms with Crippen LogP contribution in [0, 0.1) is 5.92 Å². The molecule has 0 bridgehead atoms. The number of hydrogen-bond donors (Lipinski definition) is 0. The lowest BCUT2D eigenvalue weighted by molar-refractivity contribution is -0.145. The molecule has 1 aromatic rings. The van der Waals surface area contributed by atoms with E-state index in [4.69, 9.17) is 4.52 Å². The summed E-state index contributed by atoms with van der Waals surface area (Å²) in [6, 6.07) is 0. The first kappa shape index (κ1) is 12.5. The number of hydrogen-bond acceptors (Lipinski definition) is 6. The zero-order chi connectivity index (χ0) is 13.3. The second-order valence-corrected chi connectivity index (χ2v) is 4.52. The normalized spacial score (nSPS) is 19.7. The van der Waals surface area contributed by atoms with E-state index in [2.05, 4.69) is 14.9 Å². The highest BCUT2D eigenvalue weighted by Gasteiger charge is 2.38. The number of ether oxygens (including phenoxy) is 1. The quantitative estimate of drug-likeness (QED) is 0.738. The molecule has 1 saturated heterocycles. The van der Waals surface area contributed by atoms with Gasteiger partial charge in [0.1, 0.15) is 0 Å². The second-order valence-electron chi connectivity index (χ2n) is 4.52. The van der Waals surface area contributed by atoms with Gasteiger partial charge >= 0.3 is 5.97 Å². The maximum Gasteiger partial charge on any atom is 0.311 e. The van der Waals surface area contributed by atoms with Gasteiger partial charge in [-0.2, -0.15) is 4.98 Å². The number of carbonyl (C=O) groups excluding carboxylic acids is 2. The molecule has 2 heterocycles. The average Bonchev–Trinajstić information content (AvgIpc) is 2.94. The molecule has 1 aliphatic heterocycles. The van der Waals surface area contributed by atoms with E-state index in [1.807, 2.05) is 13.8 Å². The first-order valence-electron chi connectivity index (χ1n) is 5.74. The maximum atomic E-state index is 11.8. The Morgan fingerprint density at radius 2 is 2.28 bits per heavy atom. The summed E-state index contributed by atoms with van der Waals surface area (Å²) >= 11 is 0. The van der Waals surface area contributed by atoms with Crippen LogP contribution in [-0.2, 0) is 14.3 Å². The largest absolute Gasteiger partial charge is 0.469 e. The van der Waals surface area contributed by atoms with Crippen LogP contribution in [0.1, 0.15) is 32.1 Å². The predicted molar refractivity (Wildman–Crippen MR) is 60.9 cm³/mol. The Hall–Kier alpha value is -1.92. The van der Waals surface area contributed by atoms with Gasteiger partial charge in [0.05, 0.1) is 13.0 Å². The second kappa shape index (κ2) is 4.75. The average molecular weight is 253 g/mol. The van der Waals surface area contributed by atoms with Crippen molar-refractivity contribution in [3.63, 3.8) is 0 Å². The molecule has 1 amide bonds. The summed E-state index contributed by atoms with van der Waals surface area (Å²) in [6.07, 6.45) is 0.123. The number of anilines is 1. The predicted octanol–water partition coefficient (Wildman–Crippen LogP) is 0.719. The van der Waals surface area contributed by atoms with Crippen LogP contribution in [0.3, 0.4) is 0 Å². The Morgan fingerprint density at radius 3 is 2.83 bits per heavy atom. The number of amides is 1. The highest BCUT2D eigenvalue weighted by atomic mass is 16.5. The first-order valence-corrected chi connectivity index (χ1v) is 5.74. The van der Waals surface area contributed by atoms with Gasteiger partial charge < -0.3 is 9.26 Å². The summed E-state index contributed by atoms with van der Waals surface area (Å²) in [5.41, 5.74) is 0. The molecular formula is C11H15N3O4. The molecule has 98 valence electrons. The molecule has 0 aromatic carbocycles. The molecule has 7 heteroatoms. The van der Waals surface area contributed by atoms with Gasteiger partial charge in [-0.1, -0.05) is 13.8 Å². The van der Waals surface area contributed by atoms with Gasteiger partial charge in [-0.3, -0.25) is 14.5 Å². The van der Waals surface area contributed by atoms with Gasteiger partial charge in [0.25, 0.3) is 5.95 Å². The zero-order valence-corrected chi connectivity index (χ0v) is 10.5. The van der Waals surface area contributed by atoms with E-state index >= 15 is 0 Å². The minimum absolute atomic E-state index is 0.0976. The number of nitrogens with zero attached hydrogens (tertiary/aromatic N) is 3. The third-order valence-electron chi connectivity index (χ3n) is 2.83. The monoisotopic (exact) mass is 253 g/mol. The minimum Gasteiger partial charge on any atom is -0.469 e. The first-order chi connectivity index (χ1) is 8.52. The van der Waals surface area contributed by atoms with E-state index in [0.717, 1.165) is 0 Å². The van der Waals surface area contributed by atoms with Crippen molar-refractivity contribution in [2.45, 2.75) is 26.2 Å². The molecule has 2 rings (SSSR count). The van der Waals surface area contributed by atoms with Gasteiger partial charge in [0, 0.05) is 18.9 Å². The Kier molecular flexibility index (Phi) is 3.31. The van der Waals surface area contributed by atoms with Gasteiger partial charge in [0.15, 0.2) is 0 Å². The molecule has 1 aromatic heterocycles. The number of aromatic nitrogens is 2. The minimum atomic E-state index is -0.455. The summed E-state index contributed by atoms with van der Waals surface area (Å²) in [7, 11) is 1.31. The van der Waals surface area contributed by atoms with Crippen LogP contribution in [0.15, 0.2) is 4.52 Å². The molecule has 0 N–H and O–H groups in total. The molecule has 0 spiro atoms. The van der Waals surface area contributed by atoms with Crippen LogP contribution in [0.25, 0.3) is 0 Å². The molecule has 0 saturated carbocycles. The molecular weight excluding hydrogens is 238 g/mol. The molecule has 1 unspecified atom stereocenters. The number of carbonyl (C=O) groups is 2. The van der Waals surface area contributed by atoms with Crippen LogP contribution in [0.5, 0.6) is 0 Å². The highest BCUT2D eigenvalue weighted by Crippen LogP contribution is 2.24. The van der Waals surface area contributed by atoms with Crippen molar-refractivity contribution >= 4 is 17.8 Å². The molecule has 1 fully saturated rings. The molecule has 18 heavy (non-hydrogen) atoms. The van der Waals surface area contributed by atoms with Crippen molar-refractivity contribution in [3.8, 4) is 0 Å². The third kappa shape index (κ3) is 2.20. The van der Waals surface area contributed by atoms with Crippen LogP contribution >= 0.6 is 0 Å². The summed E-state index contributed by atoms with van der Waals surface area (Å²) in [5.74, 6) is -0.252. The van der Waals surface area contributed by atoms with Gasteiger partial charge in [-0.15, -0.1) is 0 Å². The van der Waals surface area contributed by atoms with Crippen molar-refractivity contribution in [2.24, 2.45) is 5.92 Å². The summed E-state index contributed by atoms with van der Waals surface area (Å²) < 4.78 is 9.67. The molecule has 7 nitrogen and oxygen atoms in total. The fourth-order valence-electron chi connectivity index (χ4n) is 1.80. The lowest BCUT2D eigenvalue weighted by Crippen LogP contribution is -2.27. The van der Waals surface area contributed by atoms with E-state index in [1.165, 1.54) is 12.0 Å². The van der Waals surface area contributed by atoms with Crippen LogP contribution in [0.2, 0.25) is 0 Å². The van der Waals surface area contributed by atoms with E-state index in [9.17, 15) is 9.59 Å². The summed E-state index contributed by atoms with van der Waals surface area (Å²) in [6.45, 7) is 4.07. The summed E-state index contributed by atoms with van der Waals surface area (Å²) in [4.78, 5) is 28.7. The lowest BCUT2D eigenvalue weighted by atomic mass is 10.1. The fourth-order valence-corrected chi connectivity index (χ4v) is 1.80. The summed E-state index contributed by atoms with van der Waals surface area (Å²) in [5, 5.41) is 3.76. The maximum absolute atomic E-state index is 11.8. The smallest absolute Gasteiger partial charge is 0.311 e. The van der Waals surface area contributed by atoms with Gasteiger partial charge in [0.2, 0.25) is 11.8 Å². The van der Waals surface area contributed by atoms with Gasteiger partial charge in [-0.05, 0) is 5.16 Å². The zero-order valence-electron chi connectivity index (χ0n) is 10.5. The van der Waals surface area contributed by atoms with E-state index in [-0.39, 0.29) is 30.7 Å². The highest BCUT2D eigenvalue weighted by molar-refractivity contribution is 5.98. The topological polar surface area (TPSA) is 85.5 Å². The van der Waals surface area contributed by atoms with E-state index in [0.29, 0.717) is 5.89 Å². The Morgan fingerprint density at radius 1 is 1.56 bits per heavy atom. The molecule has 0 radical (unpaired) electrons. The standard InChI is InChI=1S/C11H15N3O4/c1-6(2)9-12-11(13-18-9)14-5-7(4-8(14)15)10(16)17-3/h6-7H,4-5H2,1-3H3. The van der Waals surface area contributed by atoms with E-state index in [1.54, 1.807) is 0 Å². The van der Waals surface area contributed by atoms with Crippen molar-refractivity contribution in [2.75, 3.05) is 18.6 Å². The third-order valence-corrected chi connectivity index (χ3v) is 2.83. The Bertz CT molecular complexity index is 469. The number of esters is 1. The number of methoxy groups -OCH3 is 1. The van der Waals surface area contributed by atoms with Crippen molar-refractivity contribution in [1.82, 2.24) is 10.1 Å². The van der Waals surface area contributed by atoms with Gasteiger partial charge in [-0.25, -0.2) is 0 Å². The lowest BCUT2D eigenvalue weighted by Gasteiger charge is -2.10. The fraction of sp³-hybridized carbons (Fsp3) is 0.636.